The first-order valence-electron chi connectivity index (χ1n) is 6.96. The molecule has 1 N–H and O–H groups in total. The van der Waals surface area contributed by atoms with Crippen molar-refractivity contribution in [3.63, 3.8) is 0 Å². The van der Waals surface area contributed by atoms with Gasteiger partial charge in [0.2, 0.25) is 5.78 Å². The van der Waals surface area contributed by atoms with E-state index in [0.29, 0.717) is 22.2 Å². The van der Waals surface area contributed by atoms with Crippen LogP contribution in [-0.2, 0) is 11.3 Å². The lowest BCUT2D eigenvalue weighted by Crippen LogP contribution is -2.11. The largest absolute Gasteiger partial charge is 0.497 e. The van der Waals surface area contributed by atoms with Gasteiger partial charge in [-0.2, -0.15) is 5.10 Å². The van der Waals surface area contributed by atoms with E-state index in [0.717, 1.165) is 0 Å². The Labute approximate surface area is 131 Å². The number of aromatic nitrogens is 2. The van der Waals surface area contributed by atoms with Crippen LogP contribution in [0.15, 0.2) is 48.5 Å². The van der Waals surface area contributed by atoms with E-state index < -0.39 is 5.97 Å². The zero-order valence-corrected chi connectivity index (χ0v) is 12.4. The summed E-state index contributed by atoms with van der Waals surface area (Å²) in [5.41, 5.74) is 1.33. The van der Waals surface area contributed by atoms with Gasteiger partial charge < -0.3 is 9.84 Å². The van der Waals surface area contributed by atoms with Gasteiger partial charge in [0.15, 0.2) is 0 Å². The highest BCUT2D eigenvalue weighted by atomic mass is 16.5. The molecule has 6 nitrogen and oxygen atoms in total. The van der Waals surface area contributed by atoms with Crippen LogP contribution in [0.1, 0.15) is 16.1 Å². The highest BCUT2D eigenvalue weighted by Gasteiger charge is 2.19. The number of ether oxygens (including phenoxy) is 1. The fraction of sp³-hybridized carbons (Fsp3) is 0.118. The minimum atomic E-state index is -1.01. The molecule has 0 unspecified atom stereocenters. The number of carboxylic acid groups (broad SMARTS) is 1. The van der Waals surface area contributed by atoms with Gasteiger partial charge >= 0.3 is 5.97 Å². The molecule has 3 aromatic rings. The van der Waals surface area contributed by atoms with E-state index in [9.17, 15) is 9.59 Å². The topological polar surface area (TPSA) is 81.4 Å². The molecule has 0 atom stereocenters. The summed E-state index contributed by atoms with van der Waals surface area (Å²) in [6.07, 6.45) is 0. The molecule has 2 aromatic carbocycles. The van der Waals surface area contributed by atoms with Crippen molar-refractivity contribution in [1.29, 1.82) is 0 Å². The number of methoxy groups -OCH3 is 1. The van der Waals surface area contributed by atoms with Crippen LogP contribution in [0.5, 0.6) is 5.75 Å². The van der Waals surface area contributed by atoms with E-state index in [1.54, 1.807) is 55.6 Å². The molecule has 0 aliphatic rings. The molecule has 0 aliphatic carbocycles. The van der Waals surface area contributed by atoms with E-state index >= 15 is 0 Å². The van der Waals surface area contributed by atoms with Crippen molar-refractivity contribution in [3.8, 4) is 5.75 Å². The van der Waals surface area contributed by atoms with Gasteiger partial charge in [-0.1, -0.05) is 18.2 Å². The molecule has 3 rings (SSSR count). The van der Waals surface area contributed by atoms with Crippen LogP contribution in [0.4, 0.5) is 0 Å². The van der Waals surface area contributed by atoms with Crippen molar-refractivity contribution in [1.82, 2.24) is 9.78 Å². The molecule has 0 saturated heterocycles. The maximum absolute atomic E-state index is 12.7. The van der Waals surface area contributed by atoms with Gasteiger partial charge in [-0.05, 0) is 30.3 Å². The number of carbonyl (C=O) groups excluding carboxylic acids is 1. The second-order valence-corrected chi connectivity index (χ2v) is 4.97. The quantitative estimate of drug-likeness (QED) is 0.732. The summed E-state index contributed by atoms with van der Waals surface area (Å²) >= 11 is 0. The Bertz CT molecular complexity index is 881. The van der Waals surface area contributed by atoms with Crippen LogP contribution in [0, 0.1) is 0 Å². The number of carbonyl (C=O) groups is 2. The molecule has 116 valence electrons. The van der Waals surface area contributed by atoms with Crippen LogP contribution in [0.2, 0.25) is 0 Å². The van der Waals surface area contributed by atoms with E-state index in [-0.39, 0.29) is 18.0 Å². The number of aliphatic carboxylic acids is 1. The lowest BCUT2D eigenvalue weighted by atomic mass is 10.1. The zero-order valence-electron chi connectivity index (χ0n) is 12.4. The van der Waals surface area contributed by atoms with Gasteiger partial charge in [-0.3, -0.25) is 14.3 Å². The number of ketones is 1. The maximum Gasteiger partial charge on any atom is 0.325 e. The van der Waals surface area contributed by atoms with E-state index in [1.807, 2.05) is 0 Å². The number of rotatable bonds is 5. The van der Waals surface area contributed by atoms with Crippen LogP contribution >= 0.6 is 0 Å². The number of hydrogen-bond acceptors (Lipinski definition) is 4. The Kier molecular flexibility index (Phi) is 3.80. The minimum absolute atomic E-state index is 0.243. The normalized spacial score (nSPS) is 10.7. The predicted octanol–water partition coefficient (Wildman–Crippen LogP) is 2.36. The number of carboxylic acids is 1. The number of fused-ring (bicyclic) bond motifs is 1. The third kappa shape index (κ3) is 2.78. The highest BCUT2D eigenvalue weighted by molar-refractivity contribution is 6.14. The van der Waals surface area contributed by atoms with Gasteiger partial charge in [0.05, 0.1) is 12.6 Å². The van der Waals surface area contributed by atoms with Gasteiger partial charge in [0.1, 0.15) is 18.0 Å². The Hall–Kier alpha value is -3.15. The molecule has 0 spiro atoms. The van der Waals surface area contributed by atoms with Crippen LogP contribution in [0.3, 0.4) is 0 Å². The molecule has 0 fully saturated rings. The third-order valence-corrected chi connectivity index (χ3v) is 3.51. The Morgan fingerprint density at radius 2 is 1.83 bits per heavy atom. The molecule has 0 amide bonds. The third-order valence-electron chi connectivity index (χ3n) is 3.51. The van der Waals surface area contributed by atoms with Crippen molar-refractivity contribution in [2.24, 2.45) is 0 Å². The number of nitrogens with zero attached hydrogens (tertiary/aromatic N) is 2. The summed E-state index contributed by atoms with van der Waals surface area (Å²) in [5, 5.41) is 13.8. The fourth-order valence-electron chi connectivity index (χ4n) is 2.42. The van der Waals surface area contributed by atoms with E-state index in [4.69, 9.17) is 9.84 Å². The number of hydrogen-bond donors (Lipinski definition) is 1. The second kappa shape index (κ2) is 5.92. The zero-order chi connectivity index (χ0) is 16.4. The lowest BCUT2D eigenvalue weighted by Gasteiger charge is -2.01. The summed E-state index contributed by atoms with van der Waals surface area (Å²) < 4.78 is 6.40. The Morgan fingerprint density at radius 3 is 2.48 bits per heavy atom. The molecule has 0 aliphatic heterocycles. The highest BCUT2D eigenvalue weighted by Crippen LogP contribution is 2.22. The van der Waals surface area contributed by atoms with Crippen molar-refractivity contribution >= 4 is 22.7 Å². The Morgan fingerprint density at radius 1 is 1.13 bits per heavy atom. The van der Waals surface area contributed by atoms with Crippen molar-refractivity contribution in [3.05, 3.63) is 59.8 Å². The molecule has 6 heteroatoms. The van der Waals surface area contributed by atoms with Crippen LogP contribution in [-0.4, -0.2) is 33.7 Å². The molecular weight excluding hydrogens is 296 g/mol. The summed E-state index contributed by atoms with van der Waals surface area (Å²) in [5.74, 6) is -0.613. The first-order chi connectivity index (χ1) is 11.1. The molecule has 23 heavy (non-hydrogen) atoms. The summed E-state index contributed by atoms with van der Waals surface area (Å²) in [7, 11) is 1.55. The number of para-hydroxylation sites is 1. The summed E-state index contributed by atoms with van der Waals surface area (Å²) in [4.78, 5) is 23.7. The molecule has 1 heterocycles. The average molecular weight is 310 g/mol. The van der Waals surface area contributed by atoms with Gasteiger partial charge in [0, 0.05) is 10.9 Å². The molecule has 0 saturated carbocycles. The van der Waals surface area contributed by atoms with Crippen molar-refractivity contribution in [2.45, 2.75) is 6.54 Å². The average Bonchev–Trinajstić information content (AvgIpc) is 2.92. The Balaban J connectivity index is 2.07. The predicted molar refractivity (Wildman–Crippen MR) is 83.8 cm³/mol. The molecule has 1 aromatic heterocycles. The first-order valence-corrected chi connectivity index (χ1v) is 6.96. The minimum Gasteiger partial charge on any atom is -0.497 e. The lowest BCUT2D eigenvalue weighted by molar-refractivity contribution is -0.137. The molecular formula is C17H14N2O4. The van der Waals surface area contributed by atoms with E-state index in [2.05, 4.69) is 5.10 Å². The first kappa shape index (κ1) is 14.8. The molecule has 0 bridgehead atoms. The van der Waals surface area contributed by atoms with E-state index in [1.165, 1.54) is 4.68 Å². The maximum atomic E-state index is 12.7. The number of benzene rings is 2. The second-order valence-electron chi connectivity index (χ2n) is 4.97. The smallest absolute Gasteiger partial charge is 0.325 e. The van der Waals surface area contributed by atoms with Crippen molar-refractivity contribution in [2.75, 3.05) is 7.11 Å². The monoisotopic (exact) mass is 310 g/mol. The summed E-state index contributed by atoms with van der Waals surface area (Å²) in [6, 6.07) is 13.8. The standard InChI is InChI=1S/C17H14N2O4/c1-23-12-8-6-11(7-9-12)17(22)16-13-4-2-3-5-14(13)19(18-16)10-15(20)21/h2-9H,10H2,1H3,(H,20,21). The molecule has 0 radical (unpaired) electrons. The van der Waals surface area contributed by atoms with Gasteiger partial charge in [-0.25, -0.2) is 0 Å². The SMILES string of the molecule is COc1ccc(C(=O)c2nn(CC(=O)O)c3ccccc23)cc1. The van der Waals surface area contributed by atoms with Crippen LogP contribution in [0.25, 0.3) is 10.9 Å². The summed E-state index contributed by atoms with van der Waals surface area (Å²) in [6.45, 7) is -0.295. The van der Waals surface area contributed by atoms with Gasteiger partial charge in [-0.15, -0.1) is 0 Å². The van der Waals surface area contributed by atoms with Gasteiger partial charge in [0.25, 0.3) is 0 Å². The van der Waals surface area contributed by atoms with Crippen LogP contribution < -0.4 is 4.74 Å². The van der Waals surface area contributed by atoms with Crippen molar-refractivity contribution < 1.29 is 19.4 Å². The fourth-order valence-corrected chi connectivity index (χ4v) is 2.42.